The van der Waals surface area contributed by atoms with Crippen LogP contribution in [-0.2, 0) is 12.0 Å². The molecule has 0 radical (unpaired) electrons. The molecule has 0 bridgehead atoms. The monoisotopic (exact) mass is 263 g/mol. The van der Waals surface area contributed by atoms with E-state index in [-0.39, 0.29) is 5.54 Å². The number of pyridine rings is 1. The number of rotatable bonds is 4. The van der Waals surface area contributed by atoms with Gasteiger partial charge in [-0.1, -0.05) is 0 Å². The molecule has 2 heterocycles. The molecule has 96 valence electrons. The number of fused-ring (bicyclic) bond motifs is 1. The summed E-state index contributed by atoms with van der Waals surface area (Å²) in [5.41, 5.74) is 2.28. The van der Waals surface area contributed by atoms with Crippen LogP contribution >= 0.6 is 11.6 Å². The Morgan fingerprint density at radius 1 is 1.44 bits per heavy atom. The van der Waals surface area contributed by atoms with Gasteiger partial charge in [-0.25, -0.2) is 4.98 Å². The Morgan fingerprint density at radius 2 is 2.22 bits per heavy atom. The summed E-state index contributed by atoms with van der Waals surface area (Å²) in [6.07, 6.45) is 7.13. The summed E-state index contributed by atoms with van der Waals surface area (Å²) in [5.74, 6) is 2.46. The van der Waals surface area contributed by atoms with Crippen molar-refractivity contribution in [2.24, 2.45) is 5.92 Å². The molecule has 0 N–H and O–H groups in total. The molecule has 1 saturated carbocycles. The van der Waals surface area contributed by atoms with Gasteiger partial charge < -0.3 is 4.57 Å². The van der Waals surface area contributed by atoms with E-state index in [0.29, 0.717) is 5.88 Å². The molecule has 0 amide bonds. The van der Waals surface area contributed by atoms with E-state index in [1.54, 1.807) is 0 Å². The standard InChI is InChI=1S/C14H18ClN3/c1-14(2,10-3-4-10)18-12-6-8-16-9-11(12)17-13(18)5-7-15/h6,8-10H,3-5,7H2,1-2H3. The maximum Gasteiger partial charge on any atom is 0.111 e. The Bertz CT molecular complexity index is 569. The lowest BCUT2D eigenvalue weighted by Crippen LogP contribution is -2.30. The summed E-state index contributed by atoms with van der Waals surface area (Å²) in [5, 5.41) is 0. The van der Waals surface area contributed by atoms with E-state index in [9.17, 15) is 0 Å². The van der Waals surface area contributed by atoms with Crippen LogP contribution in [0.2, 0.25) is 0 Å². The maximum atomic E-state index is 5.91. The van der Waals surface area contributed by atoms with Crippen LogP contribution in [-0.4, -0.2) is 20.4 Å². The molecule has 3 nitrogen and oxygen atoms in total. The summed E-state index contributed by atoms with van der Waals surface area (Å²) in [6, 6.07) is 2.06. The van der Waals surface area contributed by atoms with Crippen LogP contribution in [0.25, 0.3) is 11.0 Å². The normalized spacial score (nSPS) is 16.4. The van der Waals surface area contributed by atoms with Gasteiger partial charge in [-0.05, 0) is 38.7 Å². The fourth-order valence-corrected chi connectivity index (χ4v) is 3.02. The molecule has 0 spiro atoms. The summed E-state index contributed by atoms with van der Waals surface area (Å²) in [4.78, 5) is 8.86. The third kappa shape index (κ3) is 1.81. The molecule has 1 fully saturated rings. The number of alkyl halides is 1. The molecule has 0 saturated heterocycles. The van der Waals surface area contributed by atoms with Crippen LogP contribution in [0.3, 0.4) is 0 Å². The highest BCUT2D eigenvalue weighted by Crippen LogP contribution is 2.45. The first-order valence-corrected chi connectivity index (χ1v) is 7.06. The first-order valence-electron chi connectivity index (χ1n) is 6.52. The second kappa shape index (κ2) is 4.23. The van der Waals surface area contributed by atoms with Crippen molar-refractivity contribution in [1.82, 2.24) is 14.5 Å². The van der Waals surface area contributed by atoms with Crippen molar-refractivity contribution in [1.29, 1.82) is 0 Å². The summed E-state index contributed by atoms with van der Waals surface area (Å²) < 4.78 is 2.38. The van der Waals surface area contributed by atoms with Gasteiger partial charge in [-0.3, -0.25) is 4.98 Å². The Labute approximate surface area is 112 Å². The third-order valence-corrected chi connectivity index (χ3v) is 4.19. The lowest BCUT2D eigenvalue weighted by Gasteiger charge is -2.29. The van der Waals surface area contributed by atoms with Crippen molar-refractivity contribution >= 4 is 22.6 Å². The number of hydrogen-bond donors (Lipinski definition) is 0. The number of nitrogens with zero attached hydrogens (tertiary/aromatic N) is 3. The van der Waals surface area contributed by atoms with Crippen molar-refractivity contribution < 1.29 is 0 Å². The van der Waals surface area contributed by atoms with Crippen molar-refractivity contribution in [3.8, 4) is 0 Å². The third-order valence-electron chi connectivity index (χ3n) is 4.00. The SMILES string of the molecule is CC(C)(C1CC1)n1c(CCCl)nc2cnccc21. The molecule has 2 aromatic rings. The Kier molecular flexibility index (Phi) is 2.81. The van der Waals surface area contributed by atoms with Crippen molar-refractivity contribution in [2.75, 3.05) is 5.88 Å². The molecule has 1 aliphatic carbocycles. The molecular formula is C14H18ClN3. The minimum atomic E-state index is 0.123. The average molecular weight is 264 g/mol. The first-order chi connectivity index (χ1) is 8.64. The summed E-state index contributed by atoms with van der Waals surface area (Å²) in [7, 11) is 0. The zero-order chi connectivity index (χ0) is 12.8. The first kappa shape index (κ1) is 12.0. The van der Waals surface area contributed by atoms with Crippen LogP contribution in [0.15, 0.2) is 18.5 Å². The van der Waals surface area contributed by atoms with Gasteiger partial charge in [0.15, 0.2) is 0 Å². The topological polar surface area (TPSA) is 30.7 Å². The zero-order valence-electron chi connectivity index (χ0n) is 10.9. The largest absolute Gasteiger partial charge is 0.322 e. The minimum absolute atomic E-state index is 0.123. The fraction of sp³-hybridized carbons (Fsp3) is 0.571. The highest BCUT2D eigenvalue weighted by atomic mass is 35.5. The van der Waals surface area contributed by atoms with E-state index in [2.05, 4.69) is 29.5 Å². The predicted molar refractivity (Wildman–Crippen MR) is 74.0 cm³/mol. The molecule has 1 aliphatic rings. The van der Waals surface area contributed by atoms with Gasteiger partial charge in [0.1, 0.15) is 11.3 Å². The second-order valence-electron chi connectivity index (χ2n) is 5.59. The lowest BCUT2D eigenvalue weighted by atomic mass is 9.97. The van der Waals surface area contributed by atoms with Crippen molar-refractivity contribution in [2.45, 2.75) is 38.6 Å². The van der Waals surface area contributed by atoms with E-state index in [4.69, 9.17) is 16.6 Å². The van der Waals surface area contributed by atoms with E-state index >= 15 is 0 Å². The maximum absolute atomic E-state index is 5.91. The minimum Gasteiger partial charge on any atom is -0.322 e. The van der Waals surface area contributed by atoms with Gasteiger partial charge in [0.25, 0.3) is 0 Å². The molecular weight excluding hydrogens is 246 g/mol. The van der Waals surface area contributed by atoms with Crippen molar-refractivity contribution in [3.63, 3.8) is 0 Å². The Morgan fingerprint density at radius 3 is 2.89 bits per heavy atom. The number of aromatic nitrogens is 3. The molecule has 18 heavy (non-hydrogen) atoms. The Balaban J connectivity index is 2.20. The van der Waals surface area contributed by atoms with Gasteiger partial charge >= 0.3 is 0 Å². The van der Waals surface area contributed by atoms with Crippen LogP contribution < -0.4 is 0 Å². The van der Waals surface area contributed by atoms with Gasteiger partial charge in [-0.2, -0.15) is 0 Å². The zero-order valence-corrected chi connectivity index (χ0v) is 11.6. The number of hydrogen-bond acceptors (Lipinski definition) is 2. The molecule has 4 heteroatoms. The number of imidazole rings is 1. The van der Waals surface area contributed by atoms with Crippen LogP contribution in [0.1, 0.15) is 32.5 Å². The lowest BCUT2D eigenvalue weighted by molar-refractivity contribution is 0.305. The highest BCUT2D eigenvalue weighted by Gasteiger charge is 2.40. The van der Waals surface area contributed by atoms with Gasteiger partial charge in [0, 0.05) is 24.0 Å². The quantitative estimate of drug-likeness (QED) is 0.792. The van der Waals surface area contributed by atoms with Crippen molar-refractivity contribution in [3.05, 3.63) is 24.3 Å². The van der Waals surface area contributed by atoms with Crippen LogP contribution in [0.5, 0.6) is 0 Å². The molecule has 0 unspecified atom stereocenters. The van der Waals surface area contributed by atoms with Crippen LogP contribution in [0, 0.1) is 5.92 Å². The van der Waals surface area contributed by atoms with Gasteiger partial charge in [0.2, 0.25) is 0 Å². The molecule has 3 rings (SSSR count). The van der Waals surface area contributed by atoms with E-state index < -0.39 is 0 Å². The molecule has 0 aromatic carbocycles. The smallest absolute Gasteiger partial charge is 0.111 e. The average Bonchev–Trinajstić information content (AvgIpc) is 3.11. The Hall–Kier alpha value is -1.09. The number of aryl methyl sites for hydroxylation is 1. The van der Waals surface area contributed by atoms with Gasteiger partial charge in [-0.15, -0.1) is 11.6 Å². The van der Waals surface area contributed by atoms with Crippen LogP contribution in [0.4, 0.5) is 0 Å². The molecule has 0 atom stereocenters. The van der Waals surface area contributed by atoms with Gasteiger partial charge in [0.05, 0.1) is 11.7 Å². The fourth-order valence-electron chi connectivity index (χ4n) is 2.85. The summed E-state index contributed by atoms with van der Waals surface area (Å²) in [6.45, 7) is 4.62. The number of halogens is 1. The molecule has 0 aliphatic heterocycles. The van der Waals surface area contributed by atoms with E-state index in [1.165, 1.54) is 18.4 Å². The second-order valence-corrected chi connectivity index (χ2v) is 5.97. The van der Waals surface area contributed by atoms with E-state index in [1.807, 2.05) is 12.4 Å². The summed E-state index contributed by atoms with van der Waals surface area (Å²) >= 11 is 5.91. The molecule has 2 aromatic heterocycles. The van der Waals surface area contributed by atoms with E-state index in [0.717, 1.165) is 23.7 Å². The predicted octanol–water partition coefficient (Wildman–Crippen LogP) is 3.36. The highest BCUT2D eigenvalue weighted by molar-refractivity contribution is 6.17.